The van der Waals surface area contributed by atoms with E-state index in [9.17, 15) is 14.4 Å². The van der Waals surface area contributed by atoms with Gasteiger partial charge in [-0.15, -0.1) is 0 Å². The van der Waals surface area contributed by atoms with E-state index in [0.29, 0.717) is 27.4 Å². The topological polar surface area (TPSA) is 99.3 Å². The summed E-state index contributed by atoms with van der Waals surface area (Å²) < 4.78 is 0. The van der Waals surface area contributed by atoms with Crippen LogP contribution in [0, 0.1) is 0 Å². The molecule has 180 valence electrons. The zero-order chi connectivity index (χ0) is 25.6. The summed E-state index contributed by atoms with van der Waals surface area (Å²) in [5.74, 6) is -1.18. The van der Waals surface area contributed by atoms with E-state index >= 15 is 0 Å². The molecule has 0 heterocycles. The highest BCUT2D eigenvalue weighted by Crippen LogP contribution is 2.22. The number of hydrazine groups is 1. The van der Waals surface area contributed by atoms with Crippen LogP contribution >= 0.6 is 23.8 Å². The van der Waals surface area contributed by atoms with E-state index in [4.69, 9.17) is 23.8 Å². The number of benzene rings is 3. The Balaban J connectivity index is 1.50. The van der Waals surface area contributed by atoms with Crippen LogP contribution in [0.5, 0.6) is 0 Å². The average Bonchev–Trinajstić information content (AvgIpc) is 2.82. The van der Waals surface area contributed by atoms with Crippen molar-refractivity contribution in [1.82, 2.24) is 16.2 Å². The van der Waals surface area contributed by atoms with E-state index in [0.717, 1.165) is 5.56 Å². The quantitative estimate of drug-likeness (QED) is 0.298. The molecule has 3 aromatic carbocycles. The molecule has 3 aromatic rings. The molecule has 0 atom stereocenters. The van der Waals surface area contributed by atoms with Gasteiger partial charge in [-0.1, -0.05) is 50.6 Å². The molecule has 0 fully saturated rings. The Labute approximate surface area is 214 Å². The van der Waals surface area contributed by atoms with E-state index in [-0.39, 0.29) is 16.4 Å². The summed E-state index contributed by atoms with van der Waals surface area (Å²) in [4.78, 5) is 37.1. The molecule has 0 unspecified atom stereocenters. The lowest BCUT2D eigenvalue weighted by atomic mass is 9.87. The SMILES string of the molecule is CC(C)(C)c1ccc(C(=O)Nc2ccc(C(=O)NNC(=S)NC(=O)c3cccc(Cl)c3)cc2)cc1. The van der Waals surface area contributed by atoms with Crippen LogP contribution in [0.2, 0.25) is 5.02 Å². The molecule has 9 heteroatoms. The Kier molecular flexibility index (Phi) is 8.22. The number of halogens is 1. The first-order chi connectivity index (χ1) is 16.5. The number of hydrogen-bond donors (Lipinski definition) is 4. The van der Waals surface area contributed by atoms with Gasteiger partial charge in [-0.3, -0.25) is 30.6 Å². The van der Waals surface area contributed by atoms with Gasteiger partial charge in [0.25, 0.3) is 17.7 Å². The number of amides is 3. The summed E-state index contributed by atoms with van der Waals surface area (Å²) in [6.07, 6.45) is 0. The van der Waals surface area contributed by atoms with Gasteiger partial charge in [0.05, 0.1) is 0 Å². The van der Waals surface area contributed by atoms with Crippen LogP contribution in [0.25, 0.3) is 0 Å². The highest BCUT2D eigenvalue weighted by Gasteiger charge is 2.15. The first kappa shape index (κ1) is 25.9. The normalized spacial score (nSPS) is 10.7. The molecule has 0 aliphatic heterocycles. The summed E-state index contributed by atoms with van der Waals surface area (Å²) in [5, 5.41) is 5.60. The molecule has 0 saturated carbocycles. The highest BCUT2D eigenvalue weighted by atomic mass is 35.5. The minimum absolute atomic E-state index is 0.00575. The van der Waals surface area contributed by atoms with Crippen molar-refractivity contribution in [3.63, 3.8) is 0 Å². The fourth-order valence-electron chi connectivity index (χ4n) is 3.05. The zero-order valence-electron chi connectivity index (χ0n) is 19.4. The summed E-state index contributed by atoms with van der Waals surface area (Å²) in [5.41, 5.74) is 7.78. The zero-order valence-corrected chi connectivity index (χ0v) is 21.0. The average molecular weight is 509 g/mol. The fraction of sp³-hybridized carbons (Fsp3) is 0.154. The van der Waals surface area contributed by atoms with Crippen molar-refractivity contribution in [3.8, 4) is 0 Å². The van der Waals surface area contributed by atoms with Crippen molar-refractivity contribution in [2.75, 3.05) is 5.32 Å². The maximum absolute atomic E-state index is 12.5. The standard InChI is InChI=1S/C26H25ClN4O3S/c1-26(2,3)19-11-7-16(8-12-19)22(32)28-21-13-9-17(10-14-21)24(34)30-31-25(35)29-23(33)18-5-4-6-20(27)15-18/h4-15H,1-3H3,(H,28,32)(H,30,34)(H2,29,31,33,35). The minimum Gasteiger partial charge on any atom is -0.322 e. The van der Waals surface area contributed by atoms with Gasteiger partial charge in [0.15, 0.2) is 5.11 Å². The molecule has 4 N–H and O–H groups in total. The molecule has 0 aromatic heterocycles. The van der Waals surface area contributed by atoms with Crippen molar-refractivity contribution < 1.29 is 14.4 Å². The molecular weight excluding hydrogens is 484 g/mol. The monoisotopic (exact) mass is 508 g/mol. The Hall–Kier alpha value is -3.75. The molecule has 3 amide bonds. The van der Waals surface area contributed by atoms with Crippen molar-refractivity contribution >= 4 is 52.3 Å². The van der Waals surface area contributed by atoms with Gasteiger partial charge in [0.1, 0.15) is 0 Å². The van der Waals surface area contributed by atoms with Crippen LogP contribution in [0.1, 0.15) is 57.4 Å². The number of anilines is 1. The van der Waals surface area contributed by atoms with Crippen LogP contribution in [-0.4, -0.2) is 22.8 Å². The molecule has 0 bridgehead atoms. The lowest BCUT2D eigenvalue weighted by Crippen LogP contribution is -2.48. The molecule has 0 radical (unpaired) electrons. The van der Waals surface area contributed by atoms with Crippen LogP contribution < -0.4 is 21.5 Å². The lowest BCUT2D eigenvalue weighted by molar-refractivity contribution is 0.0934. The third-order valence-electron chi connectivity index (χ3n) is 5.02. The number of rotatable bonds is 4. The second-order valence-corrected chi connectivity index (χ2v) is 9.58. The first-order valence-electron chi connectivity index (χ1n) is 10.7. The Morgan fingerprint density at radius 3 is 1.94 bits per heavy atom. The summed E-state index contributed by atoms with van der Waals surface area (Å²) in [7, 11) is 0. The maximum Gasteiger partial charge on any atom is 0.269 e. The number of carbonyl (C=O) groups excluding carboxylic acids is 3. The third-order valence-corrected chi connectivity index (χ3v) is 5.46. The summed E-state index contributed by atoms with van der Waals surface area (Å²) in [6, 6.07) is 20.2. The molecule has 35 heavy (non-hydrogen) atoms. The van der Waals surface area contributed by atoms with Crippen molar-refractivity contribution in [3.05, 3.63) is 100 Å². The van der Waals surface area contributed by atoms with Crippen molar-refractivity contribution in [2.24, 2.45) is 0 Å². The largest absolute Gasteiger partial charge is 0.322 e. The molecular formula is C26H25ClN4O3S. The summed E-state index contributed by atoms with van der Waals surface area (Å²) in [6.45, 7) is 6.33. The van der Waals surface area contributed by atoms with Gasteiger partial charge >= 0.3 is 0 Å². The molecule has 0 spiro atoms. The van der Waals surface area contributed by atoms with Crippen molar-refractivity contribution in [1.29, 1.82) is 0 Å². The number of hydrogen-bond acceptors (Lipinski definition) is 4. The lowest BCUT2D eigenvalue weighted by Gasteiger charge is -2.19. The van der Waals surface area contributed by atoms with E-state index in [1.165, 1.54) is 6.07 Å². The molecule has 0 aliphatic carbocycles. The van der Waals surface area contributed by atoms with Gasteiger partial charge in [-0.2, -0.15) is 0 Å². The van der Waals surface area contributed by atoms with E-state index in [2.05, 4.69) is 42.3 Å². The predicted octanol–water partition coefficient (Wildman–Crippen LogP) is 4.84. The van der Waals surface area contributed by atoms with Gasteiger partial charge in [-0.25, -0.2) is 0 Å². The van der Waals surface area contributed by atoms with Gasteiger partial charge in [0.2, 0.25) is 0 Å². The predicted molar refractivity (Wildman–Crippen MR) is 142 cm³/mol. The van der Waals surface area contributed by atoms with Gasteiger partial charge in [0, 0.05) is 27.4 Å². The van der Waals surface area contributed by atoms with E-state index in [1.807, 2.05) is 12.1 Å². The molecule has 0 saturated heterocycles. The van der Waals surface area contributed by atoms with Gasteiger partial charge < -0.3 is 5.32 Å². The Morgan fingerprint density at radius 2 is 1.34 bits per heavy atom. The maximum atomic E-state index is 12.5. The van der Waals surface area contributed by atoms with Crippen LogP contribution in [0.3, 0.4) is 0 Å². The number of nitrogens with one attached hydrogen (secondary N) is 4. The molecule has 3 rings (SSSR count). The Morgan fingerprint density at radius 1 is 0.743 bits per heavy atom. The molecule has 7 nitrogen and oxygen atoms in total. The van der Waals surface area contributed by atoms with Crippen LogP contribution in [0.15, 0.2) is 72.8 Å². The fourth-order valence-corrected chi connectivity index (χ4v) is 3.39. The smallest absolute Gasteiger partial charge is 0.269 e. The molecule has 0 aliphatic rings. The second-order valence-electron chi connectivity index (χ2n) is 8.73. The van der Waals surface area contributed by atoms with E-state index in [1.54, 1.807) is 54.6 Å². The third kappa shape index (κ3) is 7.37. The van der Waals surface area contributed by atoms with Crippen LogP contribution in [-0.2, 0) is 5.41 Å². The van der Waals surface area contributed by atoms with Gasteiger partial charge in [-0.05, 0) is 77.8 Å². The number of carbonyl (C=O) groups is 3. The van der Waals surface area contributed by atoms with Crippen molar-refractivity contribution in [2.45, 2.75) is 26.2 Å². The Bertz CT molecular complexity index is 1250. The highest BCUT2D eigenvalue weighted by molar-refractivity contribution is 7.80. The van der Waals surface area contributed by atoms with E-state index < -0.39 is 11.8 Å². The van der Waals surface area contributed by atoms with Crippen LogP contribution in [0.4, 0.5) is 5.69 Å². The summed E-state index contributed by atoms with van der Waals surface area (Å²) >= 11 is 10.9. The first-order valence-corrected chi connectivity index (χ1v) is 11.5. The second kappa shape index (κ2) is 11.1. The number of thiocarbonyl (C=S) groups is 1. The minimum atomic E-state index is -0.472.